The van der Waals surface area contributed by atoms with E-state index in [4.69, 9.17) is 5.11 Å². The molecule has 0 fully saturated rings. The molecule has 2 aromatic carbocycles. The molecule has 0 aromatic heterocycles. The van der Waals surface area contributed by atoms with Crippen LogP contribution >= 0.6 is 15.9 Å². The van der Waals surface area contributed by atoms with Gasteiger partial charge in [0, 0.05) is 28.7 Å². The van der Waals surface area contributed by atoms with Crippen LogP contribution in [-0.4, -0.2) is 15.9 Å². The molecule has 1 amide bonds. The molecule has 0 saturated carbocycles. The largest absolute Gasteiger partial charge is 0.508 e. The molecule has 0 aliphatic heterocycles. The van der Waals surface area contributed by atoms with E-state index in [2.05, 4.69) is 21.2 Å². The minimum atomic E-state index is -0.554. The standard InChI is InChI=1S/C14H11BrN2O4/c15-11-5-10(6-12(7-11)17(20)21)14(19)16-8-9-1-3-13(18)4-2-9/h1-7,18H,8H2,(H,16,19). The van der Waals surface area contributed by atoms with Gasteiger partial charge < -0.3 is 10.4 Å². The van der Waals surface area contributed by atoms with Gasteiger partial charge in [-0.1, -0.05) is 28.1 Å². The number of nitro benzene ring substituents is 1. The molecule has 0 radical (unpaired) electrons. The monoisotopic (exact) mass is 350 g/mol. The molecule has 7 heteroatoms. The summed E-state index contributed by atoms with van der Waals surface area (Å²) in [6.07, 6.45) is 0. The lowest BCUT2D eigenvalue weighted by atomic mass is 10.1. The predicted molar refractivity (Wildman–Crippen MR) is 80.1 cm³/mol. The third kappa shape index (κ3) is 4.03. The maximum Gasteiger partial charge on any atom is 0.271 e. The maximum absolute atomic E-state index is 12.0. The number of carbonyl (C=O) groups excluding carboxylic acids is 1. The van der Waals surface area contributed by atoms with Crippen LogP contribution in [0.15, 0.2) is 46.9 Å². The zero-order valence-electron chi connectivity index (χ0n) is 10.7. The second-order valence-electron chi connectivity index (χ2n) is 4.30. The molecule has 6 nitrogen and oxygen atoms in total. The third-order valence-electron chi connectivity index (χ3n) is 2.74. The number of halogens is 1. The highest BCUT2D eigenvalue weighted by atomic mass is 79.9. The second-order valence-corrected chi connectivity index (χ2v) is 5.22. The number of hydrogen-bond donors (Lipinski definition) is 2. The predicted octanol–water partition coefficient (Wildman–Crippen LogP) is 2.99. The Morgan fingerprint density at radius 2 is 1.90 bits per heavy atom. The van der Waals surface area contributed by atoms with E-state index in [1.165, 1.54) is 30.3 Å². The van der Waals surface area contributed by atoms with Crippen LogP contribution in [0, 0.1) is 10.1 Å². The van der Waals surface area contributed by atoms with Gasteiger partial charge in [-0.3, -0.25) is 14.9 Å². The molecule has 0 aliphatic rings. The van der Waals surface area contributed by atoms with Gasteiger partial charge in [-0.25, -0.2) is 0 Å². The van der Waals surface area contributed by atoms with Gasteiger partial charge in [0.25, 0.3) is 11.6 Å². The average molecular weight is 351 g/mol. The highest BCUT2D eigenvalue weighted by Gasteiger charge is 2.13. The van der Waals surface area contributed by atoms with Gasteiger partial charge in [-0.15, -0.1) is 0 Å². The van der Waals surface area contributed by atoms with Crippen LogP contribution in [0.1, 0.15) is 15.9 Å². The molecule has 0 heterocycles. The van der Waals surface area contributed by atoms with E-state index in [-0.39, 0.29) is 23.5 Å². The normalized spacial score (nSPS) is 10.1. The molecule has 2 N–H and O–H groups in total. The van der Waals surface area contributed by atoms with Crippen LogP contribution in [0.3, 0.4) is 0 Å². The minimum absolute atomic E-state index is 0.146. The lowest BCUT2D eigenvalue weighted by Gasteiger charge is -2.06. The average Bonchev–Trinajstić information content (AvgIpc) is 2.45. The number of aromatic hydroxyl groups is 1. The number of phenols is 1. The number of carbonyl (C=O) groups is 1. The number of amides is 1. The van der Waals surface area contributed by atoms with Crippen molar-refractivity contribution in [1.29, 1.82) is 0 Å². The summed E-state index contributed by atoms with van der Waals surface area (Å²) in [4.78, 5) is 22.2. The van der Waals surface area contributed by atoms with Crippen molar-refractivity contribution in [3.05, 3.63) is 68.2 Å². The molecule has 0 atom stereocenters. The zero-order chi connectivity index (χ0) is 15.4. The quantitative estimate of drug-likeness (QED) is 0.654. The SMILES string of the molecule is O=C(NCc1ccc(O)cc1)c1cc(Br)cc([N+](=O)[O-])c1. The van der Waals surface area contributed by atoms with Gasteiger partial charge in [0.15, 0.2) is 0 Å². The van der Waals surface area contributed by atoms with Gasteiger partial charge in [0.1, 0.15) is 5.75 Å². The molecule has 21 heavy (non-hydrogen) atoms. The van der Waals surface area contributed by atoms with E-state index < -0.39 is 10.8 Å². The molecule has 0 aliphatic carbocycles. The van der Waals surface area contributed by atoms with Gasteiger partial charge >= 0.3 is 0 Å². The van der Waals surface area contributed by atoms with Crippen molar-refractivity contribution in [1.82, 2.24) is 5.32 Å². The molecular formula is C14H11BrN2O4. The first-order valence-electron chi connectivity index (χ1n) is 5.97. The van der Waals surface area contributed by atoms with E-state index in [0.29, 0.717) is 4.47 Å². The van der Waals surface area contributed by atoms with Crippen LogP contribution in [-0.2, 0) is 6.54 Å². The molecule has 2 rings (SSSR count). The summed E-state index contributed by atoms with van der Waals surface area (Å²) in [7, 11) is 0. The zero-order valence-corrected chi connectivity index (χ0v) is 12.3. The van der Waals surface area contributed by atoms with Gasteiger partial charge in [-0.05, 0) is 23.8 Å². The molecule has 0 saturated heterocycles. The van der Waals surface area contributed by atoms with Crippen LogP contribution < -0.4 is 5.32 Å². The summed E-state index contributed by atoms with van der Waals surface area (Å²) in [5.41, 5.74) is 0.861. The first kappa shape index (κ1) is 15.0. The first-order valence-corrected chi connectivity index (χ1v) is 6.76. The molecule has 108 valence electrons. The Balaban J connectivity index is 2.09. The van der Waals surface area contributed by atoms with E-state index >= 15 is 0 Å². The number of rotatable bonds is 4. The van der Waals surface area contributed by atoms with Gasteiger partial charge in [0.2, 0.25) is 0 Å². The lowest BCUT2D eigenvalue weighted by molar-refractivity contribution is -0.385. The van der Waals surface area contributed by atoms with Crippen molar-refractivity contribution in [2.45, 2.75) is 6.54 Å². The van der Waals surface area contributed by atoms with Crippen LogP contribution in [0.4, 0.5) is 5.69 Å². The summed E-state index contributed by atoms with van der Waals surface area (Å²) in [5.74, 6) is -0.264. The van der Waals surface area contributed by atoms with Crippen molar-refractivity contribution in [2.75, 3.05) is 0 Å². The Kier molecular flexibility index (Phi) is 4.54. The maximum atomic E-state index is 12.0. The van der Waals surface area contributed by atoms with Crippen molar-refractivity contribution < 1.29 is 14.8 Å². The topological polar surface area (TPSA) is 92.5 Å². The Hall–Kier alpha value is -2.41. The number of nitrogens with one attached hydrogen (secondary N) is 1. The number of hydrogen-bond acceptors (Lipinski definition) is 4. The fraction of sp³-hybridized carbons (Fsp3) is 0.0714. The Morgan fingerprint density at radius 3 is 2.52 bits per heavy atom. The molecular weight excluding hydrogens is 340 g/mol. The van der Waals surface area contributed by atoms with Crippen molar-refractivity contribution >= 4 is 27.5 Å². The Labute approximate surface area is 128 Å². The number of nitro groups is 1. The number of nitrogens with zero attached hydrogens (tertiary/aromatic N) is 1. The van der Waals surface area contributed by atoms with E-state index in [1.807, 2.05) is 0 Å². The van der Waals surface area contributed by atoms with Crippen LogP contribution in [0.25, 0.3) is 0 Å². The number of phenolic OH excluding ortho intramolecular Hbond substituents is 1. The van der Waals surface area contributed by atoms with E-state index in [0.717, 1.165) is 5.56 Å². The van der Waals surface area contributed by atoms with Crippen molar-refractivity contribution in [2.24, 2.45) is 0 Å². The summed E-state index contributed by atoms with van der Waals surface area (Å²) in [6, 6.07) is 10.5. The Bertz CT molecular complexity index is 686. The molecule has 0 spiro atoms. The molecule has 0 bridgehead atoms. The lowest BCUT2D eigenvalue weighted by Crippen LogP contribution is -2.22. The highest BCUT2D eigenvalue weighted by Crippen LogP contribution is 2.21. The number of benzene rings is 2. The van der Waals surface area contributed by atoms with Gasteiger partial charge in [-0.2, -0.15) is 0 Å². The minimum Gasteiger partial charge on any atom is -0.508 e. The summed E-state index contributed by atoms with van der Waals surface area (Å²) in [6.45, 7) is 0.263. The van der Waals surface area contributed by atoms with Crippen LogP contribution in [0.5, 0.6) is 5.75 Å². The molecule has 2 aromatic rings. The highest BCUT2D eigenvalue weighted by molar-refractivity contribution is 9.10. The van der Waals surface area contributed by atoms with Crippen molar-refractivity contribution in [3.8, 4) is 5.75 Å². The van der Waals surface area contributed by atoms with E-state index in [1.54, 1.807) is 12.1 Å². The first-order chi connectivity index (χ1) is 9.95. The summed E-state index contributed by atoms with van der Waals surface area (Å²) < 4.78 is 0.464. The summed E-state index contributed by atoms with van der Waals surface area (Å²) >= 11 is 3.14. The Morgan fingerprint density at radius 1 is 1.24 bits per heavy atom. The molecule has 0 unspecified atom stereocenters. The fourth-order valence-corrected chi connectivity index (χ4v) is 2.19. The fourth-order valence-electron chi connectivity index (χ4n) is 1.71. The van der Waals surface area contributed by atoms with Gasteiger partial charge in [0.05, 0.1) is 4.92 Å². The number of non-ortho nitro benzene ring substituents is 1. The summed E-state index contributed by atoms with van der Waals surface area (Å²) in [5, 5.41) is 22.6. The van der Waals surface area contributed by atoms with Crippen LogP contribution in [0.2, 0.25) is 0 Å². The van der Waals surface area contributed by atoms with E-state index in [9.17, 15) is 14.9 Å². The third-order valence-corrected chi connectivity index (χ3v) is 3.20. The smallest absolute Gasteiger partial charge is 0.271 e. The second kappa shape index (κ2) is 6.36. The van der Waals surface area contributed by atoms with Crippen molar-refractivity contribution in [3.63, 3.8) is 0 Å².